The lowest BCUT2D eigenvalue weighted by Crippen LogP contribution is -2.35. The van der Waals surface area contributed by atoms with E-state index in [1.807, 2.05) is 0 Å². The topological polar surface area (TPSA) is 84.3 Å². The zero-order valence-corrected chi connectivity index (χ0v) is 17.0. The monoisotopic (exact) mass is 410 g/mol. The first-order chi connectivity index (χ1) is 12.2. The van der Waals surface area contributed by atoms with E-state index in [4.69, 9.17) is 11.5 Å². The number of nitrogen functional groups attached to an aromatic ring is 1. The Bertz CT molecular complexity index is 723. The summed E-state index contributed by atoms with van der Waals surface area (Å²) in [6.07, 6.45) is 3.10. The van der Waals surface area contributed by atoms with Crippen LogP contribution in [0.3, 0.4) is 0 Å². The van der Waals surface area contributed by atoms with Crippen LogP contribution < -0.4 is 21.3 Å². The van der Waals surface area contributed by atoms with E-state index < -0.39 is 0 Å². The van der Waals surface area contributed by atoms with E-state index in [2.05, 4.69) is 56.2 Å². The maximum absolute atomic E-state index is 5.98. The number of nitrogens with zero attached hydrogens (tertiary/aromatic N) is 4. The fraction of sp³-hybridized carbons (Fsp3) is 0.474. The van der Waals surface area contributed by atoms with Gasteiger partial charge < -0.3 is 21.3 Å². The largest absolute Gasteiger partial charge is 0.370 e. The molecule has 27 heavy (non-hydrogen) atoms. The van der Waals surface area contributed by atoms with E-state index in [0.29, 0.717) is 17.9 Å². The van der Waals surface area contributed by atoms with Gasteiger partial charge in [0.25, 0.3) is 0 Å². The predicted octanol–water partition coefficient (Wildman–Crippen LogP) is 2.82. The maximum atomic E-state index is 5.98. The Hall–Kier alpha value is -1.76. The van der Waals surface area contributed by atoms with Gasteiger partial charge in [-0.05, 0) is 31.4 Å². The highest BCUT2D eigenvalue weighted by Crippen LogP contribution is 2.36. The molecule has 4 rings (SSSR count). The lowest BCUT2D eigenvalue weighted by atomic mass is 9.78. The Labute approximate surface area is 173 Å². The summed E-state index contributed by atoms with van der Waals surface area (Å²) in [4.78, 5) is 13.7. The van der Waals surface area contributed by atoms with Crippen LogP contribution in [-0.4, -0.2) is 42.2 Å². The molecule has 8 heteroatoms. The van der Waals surface area contributed by atoms with Crippen LogP contribution in [0.25, 0.3) is 0 Å². The van der Waals surface area contributed by atoms with Crippen molar-refractivity contribution in [1.82, 2.24) is 9.97 Å². The summed E-state index contributed by atoms with van der Waals surface area (Å²) < 4.78 is 0. The van der Waals surface area contributed by atoms with Gasteiger partial charge in [-0.3, -0.25) is 0 Å². The van der Waals surface area contributed by atoms with Crippen molar-refractivity contribution in [1.29, 1.82) is 0 Å². The Balaban J connectivity index is 0.00000131. The standard InChI is InChI=1S/C19H26N6.2ClH/c20-15-11-14(12-15)17-13-18(23-19(21)22-17)25-8-4-7-24(9-10-25)16-5-2-1-3-6-16;;/h1-3,5-6,13-15H,4,7-12,20H2,(H2,21,22,23);2*1H. The van der Waals surface area contributed by atoms with Gasteiger partial charge in [0.2, 0.25) is 5.95 Å². The highest BCUT2D eigenvalue weighted by atomic mass is 35.5. The Morgan fingerprint density at radius 1 is 0.889 bits per heavy atom. The zero-order valence-electron chi connectivity index (χ0n) is 15.3. The number of benzene rings is 1. The van der Waals surface area contributed by atoms with Crippen molar-refractivity contribution in [2.75, 3.05) is 41.7 Å². The molecule has 0 spiro atoms. The molecule has 2 aliphatic rings. The fourth-order valence-corrected chi connectivity index (χ4v) is 3.79. The van der Waals surface area contributed by atoms with Gasteiger partial charge >= 0.3 is 0 Å². The van der Waals surface area contributed by atoms with Crippen LogP contribution in [0, 0.1) is 0 Å². The molecule has 0 atom stereocenters. The third-order valence-corrected chi connectivity index (χ3v) is 5.28. The Morgan fingerprint density at radius 3 is 2.26 bits per heavy atom. The molecule has 1 aromatic carbocycles. The molecule has 2 aromatic rings. The quantitative estimate of drug-likeness (QED) is 0.808. The van der Waals surface area contributed by atoms with Crippen LogP contribution in [0.1, 0.15) is 30.9 Å². The van der Waals surface area contributed by atoms with Gasteiger partial charge in [-0.2, -0.15) is 4.98 Å². The predicted molar refractivity (Wildman–Crippen MR) is 116 cm³/mol. The van der Waals surface area contributed by atoms with E-state index >= 15 is 0 Å². The Morgan fingerprint density at radius 2 is 1.56 bits per heavy atom. The van der Waals surface area contributed by atoms with Gasteiger partial charge in [0.15, 0.2) is 0 Å². The maximum Gasteiger partial charge on any atom is 0.222 e. The van der Waals surface area contributed by atoms with Gasteiger partial charge in [-0.25, -0.2) is 4.98 Å². The average molecular weight is 411 g/mol. The third kappa shape index (κ3) is 4.94. The second kappa shape index (κ2) is 9.44. The van der Waals surface area contributed by atoms with Crippen LogP contribution in [0.2, 0.25) is 0 Å². The van der Waals surface area contributed by atoms with E-state index in [9.17, 15) is 0 Å². The summed E-state index contributed by atoms with van der Waals surface area (Å²) in [6, 6.07) is 13.0. The van der Waals surface area contributed by atoms with Crippen molar-refractivity contribution < 1.29 is 0 Å². The van der Waals surface area contributed by atoms with Crippen LogP contribution in [0.5, 0.6) is 0 Å². The molecule has 1 aliphatic heterocycles. The molecule has 148 valence electrons. The van der Waals surface area contributed by atoms with Gasteiger partial charge in [0.1, 0.15) is 5.82 Å². The summed E-state index contributed by atoms with van der Waals surface area (Å²) in [6.45, 7) is 3.97. The smallest absolute Gasteiger partial charge is 0.222 e. The molecular weight excluding hydrogens is 383 g/mol. The molecule has 0 bridgehead atoms. The number of rotatable bonds is 3. The van der Waals surface area contributed by atoms with Crippen molar-refractivity contribution in [3.63, 3.8) is 0 Å². The number of halogens is 2. The zero-order chi connectivity index (χ0) is 17.2. The number of hydrogen-bond donors (Lipinski definition) is 2. The summed E-state index contributed by atoms with van der Waals surface area (Å²) in [5, 5.41) is 0. The van der Waals surface area contributed by atoms with E-state index in [1.165, 1.54) is 5.69 Å². The first-order valence-electron chi connectivity index (χ1n) is 9.14. The number of anilines is 3. The number of aromatic nitrogens is 2. The number of para-hydroxylation sites is 1. The summed E-state index contributed by atoms with van der Waals surface area (Å²) in [5.41, 5.74) is 14.2. The molecule has 6 nitrogen and oxygen atoms in total. The third-order valence-electron chi connectivity index (χ3n) is 5.28. The minimum Gasteiger partial charge on any atom is -0.370 e. The summed E-state index contributed by atoms with van der Waals surface area (Å²) in [7, 11) is 0. The molecule has 4 N–H and O–H groups in total. The second-order valence-corrected chi connectivity index (χ2v) is 7.10. The van der Waals surface area contributed by atoms with Crippen LogP contribution in [-0.2, 0) is 0 Å². The molecule has 2 heterocycles. The van der Waals surface area contributed by atoms with E-state index in [0.717, 1.165) is 57.0 Å². The molecule has 2 fully saturated rings. The number of hydrogen-bond acceptors (Lipinski definition) is 6. The molecule has 1 saturated carbocycles. The molecule has 0 unspecified atom stereocenters. The molecule has 0 amide bonds. The van der Waals surface area contributed by atoms with Gasteiger partial charge in [-0.15, -0.1) is 24.8 Å². The highest BCUT2D eigenvalue weighted by Gasteiger charge is 2.29. The minimum atomic E-state index is 0. The van der Waals surface area contributed by atoms with Crippen molar-refractivity contribution in [3.05, 3.63) is 42.1 Å². The van der Waals surface area contributed by atoms with Crippen molar-refractivity contribution in [3.8, 4) is 0 Å². The second-order valence-electron chi connectivity index (χ2n) is 7.10. The van der Waals surface area contributed by atoms with E-state index in [1.54, 1.807) is 0 Å². The summed E-state index contributed by atoms with van der Waals surface area (Å²) >= 11 is 0. The average Bonchev–Trinajstić information content (AvgIpc) is 2.85. The lowest BCUT2D eigenvalue weighted by molar-refractivity contribution is 0.345. The van der Waals surface area contributed by atoms with Crippen LogP contribution in [0.15, 0.2) is 36.4 Å². The van der Waals surface area contributed by atoms with E-state index in [-0.39, 0.29) is 24.8 Å². The molecule has 0 radical (unpaired) electrons. The first-order valence-corrected chi connectivity index (χ1v) is 9.14. The van der Waals surface area contributed by atoms with Crippen molar-refractivity contribution in [2.24, 2.45) is 5.73 Å². The summed E-state index contributed by atoms with van der Waals surface area (Å²) in [5.74, 6) is 1.77. The van der Waals surface area contributed by atoms with Crippen LogP contribution in [0.4, 0.5) is 17.5 Å². The van der Waals surface area contributed by atoms with Crippen molar-refractivity contribution in [2.45, 2.75) is 31.2 Å². The minimum absolute atomic E-state index is 0. The van der Waals surface area contributed by atoms with Gasteiger partial charge in [0.05, 0.1) is 5.69 Å². The normalized spacial score (nSPS) is 22.1. The number of nitrogens with two attached hydrogens (primary N) is 2. The van der Waals surface area contributed by atoms with Gasteiger partial charge in [-0.1, -0.05) is 18.2 Å². The highest BCUT2D eigenvalue weighted by molar-refractivity contribution is 5.85. The van der Waals surface area contributed by atoms with Gasteiger partial charge in [0, 0.05) is 49.9 Å². The lowest BCUT2D eigenvalue weighted by Gasteiger charge is -2.32. The fourth-order valence-electron chi connectivity index (χ4n) is 3.79. The molecule has 1 aliphatic carbocycles. The molecule has 1 aromatic heterocycles. The van der Waals surface area contributed by atoms with Crippen LogP contribution >= 0.6 is 24.8 Å². The molecule has 1 saturated heterocycles. The Kier molecular flexibility index (Phi) is 7.53. The SMILES string of the molecule is Cl.Cl.Nc1nc(C2CC(N)C2)cc(N2CCCN(c3ccccc3)CC2)n1. The van der Waals surface area contributed by atoms with Crippen molar-refractivity contribution >= 4 is 42.3 Å². The molecular formula is C19H28Cl2N6. The first kappa shape index (κ1) is 21.5.